The van der Waals surface area contributed by atoms with E-state index in [-0.39, 0.29) is 18.0 Å². The quantitative estimate of drug-likeness (QED) is 0.846. The number of benzene rings is 1. The Kier molecular flexibility index (Phi) is 5.72. The molecule has 0 aliphatic rings. The van der Waals surface area contributed by atoms with Crippen LogP contribution in [0.15, 0.2) is 18.2 Å². The number of halogens is 3. The van der Waals surface area contributed by atoms with Crippen LogP contribution in [-0.4, -0.2) is 11.2 Å². The number of aliphatic hydroxyl groups is 1. The normalized spacial score (nSPS) is 14.2. The third-order valence-electron chi connectivity index (χ3n) is 2.10. The van der Waals surface area contributed by atoms with Gasteiger partial charge in [0.05, 0.1) is 12.1 Å². The molecule has 0 unspecified atom stereocenters. The molecule has 0 saturated heterocycles. The lowest BCUT2D eigenvalue weighted by molar-refractivity contribution is 0.140. The van der Waals surface area contributed by atoms with Gasteiger partial charge in [-0.25, -0.2) is 8.78 Å². The molecule has 1 rings (SSSR count). The van der Waals surface area contributed by atoms with Crippen molar-refractivity contribution in [2.75, 3.05) is 0 Å². The molecule has 0 aliphatic carbocycles. The lowest BCUT2D eigenvalue weighted by atomic mass is 10.0. The average molecular weight is 238 g/mol. The Labute approximate surface area is 93.5 Å². The summed E-state index contributed by atoms with van der Waals surface area (Å²) in [5.74, 6) is -1.36. The summed E-state index contributed by atoms with van der Waals surface area (Å²) in [6.07, 6.45) is -0.338. The Morgan fingerprint density at radius 1 is 1.27 bits per heavy atom. The van der Waals surface area contributed by atoms with E-state index in [1.54, 1.807) is 6.92 Å². The molecule has 5 heteroatoms. The summed E-state index contributed by atoms with van der Waals surface area (Å²) in [6, 6.07) is 2.29. The Balaban J connectivity index is 0.00000196. The van der Waals surface area contributed by atoms with Crippen LogP contribution in [0, 0.1) is 11.6 Å². The maximum Gasteiger partial charge on any atom is 0.126 e. The number of hydrogen-bond acceptors (Lipinski definition) is 2. The molecule has 1 aromatic rings. The Morgan fingerprint density at radius 3 is 2.13 bits per heavy atom. The van der Waals surface area contributed by atoms with Gasteiger partial charge in [-0.2, -0.15) is 0 Å². The van der Waals surface area contributed by atoms with Crippen molar-refractivity contribution in [1.29, 1.82) is 0 Å². The molecule has 2 nitrogen and oxygen atoms in total. The molecule has 0 aliphatic heterocycles. The fourth-order valence-electron chi connectivity index (χ4n) is 1.24. The molecule has 86 valence electrons. The van der Waals surface area contributed by atoms with E-state index < -0.39 is 23.8 Å². The van der Waals surface area contributed by atoms with Crippen LogP contribution in [0.4, 0.5) is 8.78 Å². The summed E-state index contributed by atoms with van der Waals surface area (Å²) in [5.41, 5.74) is 5.88. The molecule has 15 heavy (non-hydrogen) atoms. The molecule has 0 saturated carbocycles. The van der Waals surface area contributed by atoms with E-state index in [9.17, 15) is 13.9 Å². The molecule has 3 N–H and O–H groups in total. The summed E-state index contributed by atoms with van der Waals surface area (Å²) >= 11 is 0. The van der Waals surface area contributed by atoms with Gasteiger partial charge in [-0.3, -0.25) is 0 Å². The van der Waals surface area contributed by atoms with E-state index in [4.69, 9.17) is 5.73 Å². The summed E-state index contributed by atoms with van der Waals surface area (Å²) in [4.78, 5) is 0. The SMILES string of the molecule is CC[C@@H](O)[C@@H](N)c1cc(F)cc(F)c1.Cl. The molecule has 1 aromatic carbocycles. The van der Waals surface area contributed by atoms with Gasteiger partial charge in [0.2, 0.25) is 0 Å². The van der Waals surface area contributed by atoms with Crippen molar-refractivity contribution < 1.29 is 13.9 Å². The lowest BCUT2D eigenvalue weighted by Crippen LogP contribution is -2.25. The van der Waals surface area contributed by atoms with E-state index in [0.717, 1.165) is 18.2 Å². The van der Waals surface area contributed by atoms with Crippen LogP contribution >= 0.6 is 12.4 Å². The number of nitrogens with two attached hydrogens (primary N) is 1. The van der Waals surface area contributed by atoms with E-state index in [1.807, 2.05) is 0 Å². The topological polar surface area (TPSA) is 46.2 Å². The van der Waals surface area contributed by atoms with Gasteiger partial charge in [-0.1, -0.05) is 6.92 Å². The highest BCUT2D eigenvalue weighted by molar-refractivity contribution is 5.85. The van der Waals surface area contributed by atoms with Crippen LogP contribution < -0.4 is 5.73 Å². The van der Waals surface area contributed by atoms with Crippen molar-refractivity contribution in [1.82, 2.24) is 0 Å². The van der Waals surface area contributed by atoms with Crippen molar-refractivity contribution in [2.45, 2.75) is 25.5 Å². The zero-order valence-electron chi connectivity index (χ0n) is 8.28. The summed E-state index contributed by atoms with van der Waals surface area (Å²) in [5, 5.41) is 9.39. The molecular formula is C10H14ClF2NO. The molecule has 0 bridgehead atoms. The highest BCUT2D eigenvalue weighted by Gasteiger charge is 2.16. The third kappa shape index (κ3) is 3.74. The predicted octanol–water partition coefficient (Wildman–Crippen LogP) is 2.16. The first kappa shape index (κ1) is 14.3. The molecule has 0 fully saturated rings. The van der Waals surface area contributed by atoms with Crippen LogP contribution in [0.3, 0.4) is 0 Å². The number of hydrogen-bond donors (Lipinski definition) is 2. The van der Waals surface area contributed by atoms with Gasteiger partial charge in [0.15, 0.2) is 0 Å². The Hall–Kier alpha value is -0.710. The van der Waals surface area contributed by atoms with Crippen LogP contribution in [0.2, 0.25) is 0 Å². The second kappa shape index (κ2) is 6.00. The van der Waals surface area contributed by atoms with Crippen molar-refractivity contribution >= 4 is 12.4 Å². The smallest absolute Gasteiger partial charge is 0.126 e. The molecule has 0 radical (unpaired) electrons. The van der Waals surface area contributed by atoms with Crippen molar-refractivity contribution in [2.24, 2.45) is 5.73 Å². The second-order valence-electron chi connectivity index (χ2n) is 3.20. The molecule has 2 atom stereocenters. The van der Waals surface area contributed by atoms with Gasteiger partial charge >= 0.3 is 0 Å². The highest BCUT2D eigenvalue weighted by atomic mass is 35.5. The van der Waals surface area contributed by atoms with Crippen LogP contribution in [-0.2, 0) is 0 Å². The minimum absolute atomic E-state index is 0. The van der Waals surface area contributed by atoms with E-state index in [0.29, 0.717) is 6.42 Å². The third-order valence-corrected chi connectivity index (χ3v) is 2.10. The monoisotopic (exact) mass is 237 g/mol. The number of rotatable bonds is 3. The minimum atomic E-state index is -0.781. The van der Waals surface area contributed by atoms with Crippen LogP contribution in [0.25, 0.3) is 0 Å². The van der Waals surface area contributed by atoms with Gasteiger partial charge in [0, 0.05) is 6.07 Å². The molecule has 0 heterocycles. The summed E-state index contributed by atoms with van der Waals surface area (Å²) in [6.45, 7) is 1.75. The van der Waals surface area contributed by atoms with Gasteiger partial charge in [-0.15, -0.1) is 12.4 Å². The predicted molar refractivity (Wildman–Crippen MR) is 56.8 cm³/mol. The van der Waals surface area contributed by atoms with E-state index in [2.05, 4.69) is 0 Å². The van der Waals surface area contributed by atoms with Gasteiger partial charge in [0.1, 0.15) is 11.6 Å². The fraction of sp³-hybridized carbons (Fsp3) is 0.400. The minimum Gasteiger partial charge on any atom is -0.391 e. The second-order valence-corrected chi connectivity index (χ2v) is 3.20. The zero-order chi connectivity index (χ0) is 10.7. The largest absolute Gasteiger partial charge is 0.391 e. The molecular weight excluding hydrogens is 224 g/mol. The maximum absolute atomic E-state index is 12.8. The number of aliphatic hydroxyl groups excluding tert-OH is 1. The van der Waals surface area contributed by atoms with Crippen LogP contribution in [0.1, 0.15) is 24.9 Å². The van der Waals surface area contributed by atoms with Crippen molar-refractivity contribution in [3.05, 3.63) is 35.4 Å². The van der Waals surface area contributed by atoms with E-state index in [1.165, 1.54) is 0 Å². The average Bonchev–Trinajstić information content (AvgIpc) is 2.14. The molecule has 0 aromatic heterocycles. The zero-order valence-corrected chi connectivity index (χ0v) is 9.10. The van der Waals surface area contributed by atoms with Crippen molar-refractivity contribution in [3.8, 4) is 0 Å². The maximum atomic E-state index is 12.8. The summed E-state index contributed by atoms with van der Waals surface area (Å²) < 4.78 is 25.6. The first-order chi connectivity index (χ1) is 6.54. The summed E-state index contributed by atoms with van der Waals surface area (Å²) in [7, 11) is 0. The first-order valence-electron chi connectivity index (χ1n) is 4.44. The van der Waals surface area contributed by atoms with Crippen molar-refractivity contribution in [3.63, 3.8) is 0 Å². The van der Waals surface area contributed by atoms with Gasteiger partial charge in [-0.05, 0) is 24.1 Å². The Morgan fingerprint density at radius 2 is 1.73 bits per heavy atom. The Bertz CT molecular complexity index is 302. The highest BCUT2D eigenvalue weighted by Crippen LogP contribution is 2.18. The molecule has 0 spiro atoms. The molecule has 0 amide bonds. The van der Waals surface area contributed by atoms with E-state index >= 15 is 0 Å². The van der Waals surface area contributed by atoms with Gasteiger partial charge < -0.3 is 10.8 Å². The first-order valence-corrected chi connectivity index (χ1v) is 4.44. The fourth-order valence-corrected chi connectivity index (χ4v) is 1.24. The van der Waals surface area contributed by atoms with Gasteiger partial charge in [0.25, 0.3) is 0 Å². The van der Waals surface area contributed by atoms with Crippen LogP contribution in [0.5, 0.6) is 0 Å². The standard InChI is InChI=1S/C10H13F2NO.ClH/c1-2-9(14)10(13)6-3-7(11)5-8(12)4-6;/h3-5,9-10,14H,2,13H2,1H3;1H/t9-,10+;/m1./s1. The lowest BCUT2D eigenvalue weighted by Gasteiger charge is -2.17.